The van der Waals surface area contributed by atoms with Gasteiger partial charge >= 0.3 is 16.2 Å². The molecule has 0 amide bonds. The van der Waals surface area contributed by atoms with Crippen LogP contribution in [0, 0.1) is 0 Å². The van der Waals surface area contributed by atoms with E-state index in [0.29, 0.717) is 10.6 Å². The first-order valence-electron chi connectivity index (χ1n) is 5.95. The summed E-state index contributed by atoms with van der Waals surface area (Å²) >= 11 is 1.37. The highest BCUT2D eigenvalue weighted by atomic mass is 32.2. The summed E-state index contributed by atoms with van der Waals surface area (Å²) < 4.78 is 38.6. The van der Waals surface area contributed by atoms with E-state index in [2.05, 4.69) is 9.13 Å². The molecule has 1 aromatic heterocycles. The molecule has 2 rings (SSSR count). The maximum atomic E-state index is 12.3. The van der Waals surface area contributed by atoms with Crippen LogP contribution in [0.15, 0.2) is 28.0 Å². The van der Waals surface area contributed by atoms with Gasteiger partial charge in [0.25, 0.3) is 0 Å². The van der Waals surface area contributed by atoms with Crippen LogP contribution in [0.2, 0.25) is 0 Å². The molecular weight excluding hydrogens is 316 g/mol. The number of methoxy groups -OCH3 is 2. The summed E-state index contributed by atoms with van der Waals surface area (Å²) in [7, 11) is -1.34. The SMILES string of the molecule is COCCN1C(c2cccs2)=CC(C(=O)OC)=NS1(=O)=O. The van der Waals surface area contributed by atoms with Crippen molar-refractivity contribution >= 4 is 38.9 Å². The van der Waals surface area contributed by atoms with Crippen LogP contribution < -0.4 is 0 Å². The van der Waals surface area contributed by atoms with Crippen LogP contribution in [-0.2, 0) is 24.5 Å². The standard InChI is InChI=1S/C12H14N2O5S2/c1-18-6-5-14-10(11-4-3-7-20-11)8-9(12(15)19-2)13-21(14,16)17/h3-4,7-8H,5-6H2,1-2H3. The fourth-order valence-corrected chi connectivity index (χ4v) is 3.74. The molecular formula is C12H14N2O5S2. The number of thiophene rings is 1. The van der Waals surface area contributed by atoms with Gasteiger partial charge in [-0.25, -0.2) is 9.10 Å². The van der Waals surface area contributed by atoms with Gasteiger partial charge in [-0.1, -0.05) is 6.07 Å². The molecule has 0 N–H and O–H groups in total. The molecule has 0 saturated heterocycles. The number of ether oxygens (including phenoxy) is 2. The molecule has 1 aliphatic heterocycles. The summed E-state index contributed by atoms with van der Waals surface area (Å²) in [6.45, 7) is 0.325. The van der Waals surface area contributed by atoms with Gasteiger partial charge in [0.2, 0.25) is 0 Å². The second kappa shape index (κ2) is 6.37. The molecule has 21 heavy (non-hydrogen) atoms. The lowest BCUT2D eigenvalue weighted by atomic mass is 10.2. The summed E-state index contributed by atoms with van der Waals surface area (Å²) in [5, 5.41) is 1.82. The third-order valence-corrected chi connectivity index (χ3v) is 4.96. The first-order chi connectivity index (χ1) is 9.99. The Balaban J connectivity index is 2.49. The summed E-state index contributed by atoms with van der Waals surface area (Å²) in [5.41, 5.74) is 0.145. The minimum absolute atomic E-state index is 0.112. The molecule has 0 atom stereocenters. The monoisotopic (exact) mass is 330 g/mol. The van der Waals surface area contributed by atoms with Crippen molar-refractivity contribution in [3.05, 3.63) is 28.5 Å². The zero-order valence-corrected chi connectivity index (χ0v) is 13.1. The van der Waals surface area contributed by atoms with E-state index in [0.717, 1.165) is 4.31 Å². The van der Waals surface area contributed by atoms with Gasteiger partial charge in [-0.3, -0.25) is 0 Å². The van der Waals surface area contributed by atoms with Crippen LogP contribution in [0.5, 0.6) is 0 Å². The summed E-state index contributed by atoms with van der Waals surface area (Å²) in [6, 6.07) is 3.57. The number of hydrogen-bond acceptors (Lipinski definition) is 6. The zero-order chi connectivity index (χ0) is 15.5. The molecule has 0 bridgehead atoms. The summed E-state index contributed by atoms with van der Waals surface area (Å²) in [5.74, 6) is -0.793. The zero-order valence-electron chi connectivity index (χ0n) is 11.5. The Morgan fingerprint density at radius 2 is 2.19 bits per heavy atom. The van der Waals surface area contributed by atoms with Crippen LogP contribution in [0.3, 0.4) is 0 Å². The largest absolute Gasteiger partial charge is 0.464 e. The smallest absolute Gasteiger partial charge is 0.357 e. The molecule has 0 fully saturated rings. The van der Waals surface area contributed by atoms with E-state index in [1.165, 1.54) is 31.6 Å². The normalized spacial score (nSPS) is 17.1. The predicted molar refractivity (Wildman–Crippen MR) is 79.2 cm³/mol. The molecule has 2 heterocycles. The van der Waals surface area contributed by atoms with Crippen LogP contribution in [0.25, 0.3) is 5.70 Å². The Bertz CT molecular complexity index is 677. The fourth-order valence-electron chi connectivity index (χ4n) is 1.75. The van der Waals surface area contributed by atoms with E-state index in [1.807, 2.05) is 5.38 Å². The van der Waals surface area contributed by atoms with Gasteiger partial charge in [0, 0.05) is 7.11 Å². The minimum atomic E-state index is -4.00. The Kier molecular flexibility index (Phi) is 4.76. The molecule has 7 nitrogen and oxygen atoms in total. The van der Waals surface area contributed by atoms with Crippen molar-refractivity contribution in [1.29, 1.82) is 0 Å². The molecule has 114 valence electrons. The first-order valence-corrected chi connectivity index (χ1v) is 8.22. The molecule has 1 aromatic rings. The highest BCUT2D eigenvalue weighted by Gasteiger charge is 2.32. The Hall–Kier alpha value is -1.71. The van der Waals surface area contributed by atoms with Gasteiger partial charge in [-0.2, -0.15) is 8.42 Å². The average Bonchev–Trinajstić information content (AvgIpc) is 2.97. The molecule has 0 spiro atoms. The Morgan fingerprint density at radius 3 is 2.76 bits per heavy atom. The fraction of sp³-hybridized carbons (Fsp3) is 0.333. The lowest BCUT2D eigenvalue weighted by Gasteiger charge is -2.26. The second-order valence-corrected chi connectivity index (χ2v) is 6.48. The topological polar surface area (TPSA) is 85.3 Å². The van der Waals surface area contributed by atoms with E-state index in [4.69, 9.17) is 4.74 Å². The van der Waals surface area contributed by atoms with Crippen molar-refractivity contribution in [2.24, 2.45) is 4.40 Å². The van der Waals surface area contributed by atoms with Crippen LogP contribution in [-0.4, -0.2) is 51.8 Å². The van der Waals surface area contributed by atoms with Crippen molar-refractivity contribution in [2.45, 2.75) is 0 Å². The molecule has 0 unspecified atom stereocenters. The highest BCUT2D eigenvalue weighted by Crippen LogP contribution is 2.29. The molecule has 0 aromatic carbocycles. The van der Waals surface area contributed by atoms with Crippen molar-refractivity contribution in [3.63, 3.8) is 0 Å². The van der Waals surface area contributed by atoms with Crippen molar-refractivity contribution in [2.75, 3.05) is 27.4 Å². The van der Waals surface area contributed by atoms with Crippen LogP contribution in [0.4, 0.5) is 0 Å². The van der Waals surface area contributed by atoms with Gasteiger partial charge in [0.1, 0.15) is 0 Å². The van der Waals surface area contributed by atoms with E-state index < -0.39 is 16.2 Å². The second-order valence-electron chi connectivity index (χ2n) is 4.02. The number of esters is 1. The van der Waals surface area contributed by atoms with Gasteiger partial charge < -0.3 is 9.47 Å². The Morgan fingerprint density at radius 1 is 1.43 bits per heavy atom. The van der Waals surface area contributed by atoms with Crippen molar-refractivity contribution in [1.82, 2.24) is 4.31 Å². The third-order valence-electron chi connectivity index (χ3n) is 2.70. The van der Waals surface area contributed by atoms with E-state index in [-0.39, 0.29) is 18.9 Å². The van der Waals surface area contributed by atoms with E-state index >= 15 is 0 Å². The summed E-state index contributed by atoms with van der Waals surface area (Å²) in [4.78, 5) is 12.3. The highest BCUT2D eigenvalue weighted by molar-refractivity contribution is 7.88. The van der Waals surface area contributed by atoms with Gasteiger partial charge in [-0.15, -0.1) is 15.7 Å². The van der Waals surface area contributed by atoms with Gasteiger partial charge in [0.05, 0.1) is 30.8 Å². The number of carbonyl (C=O) groups is 1. The van der Waals surface area contributed by atoms with Crippen molar-refractivity contribution < 1.29 is 22.7 Å². The lowest BCUT2D eigenvalue weighted by molar-refractivity contribution is -0.132. The molecule has 9 heteroatoms. The maximum absolute atomic E-state index is 12.3. The number of carbonyl (C=O) groups excluding carboxylic acids is 1. The molecule has 0 saturated carbocycles. The predicted octanol–water partition coefficient (Wildman–Crippen LogP) is 0.910. The first kappa shape index (κ1) is 15.7. The maximum Gasteiger partial charge on any atom is 0.357 e. The third kappa shape index (κ3) is 3.31. The van der Waals surface area contributed by atoms with Crippen molar-refractivity contribution in [3.8, 4) is 0 Å². The van der Waals surface area contributed by atoms with Crippen LogP contribution >= 0.6 is 11.3 Å². The number of rotatable bonds is 5. The summed E-state index contributed by atoms with van der Waals surface area (Å²) in [6.07, 6.45) is 1.41. The molecule has 0 aliphatic carbocycles. The van der Waals surface area contributed by atoms with E-state index in [1.54, 1.807) is 12.1 Å². The van der Waals surface area contributed by atoms with Crippen LogP contribution in [0.1, 0.15) is 4.88 Å². The number of hydrogen-bond donors (Lipinski definition) is 0. The van der Waals surface area contributed by atoms with Gasteiger partial charge in [0.15, 0.2) is 5.71 Å². The molecule has 1 aliphatic rings. The van der Waals surface area contributed by atoms with E-state index in [9.17, 15) is 13.2 Å². The molecule has 0 radical (unpaired) electrons. The number of nitrogens with zero attached hydrogens (tertiary/aromatic N) is 2. The average molecular weight is 330 g/mol. The Labute approximate surface area is 126 Å². The quantitative estimate of drug-likeness (QED) is 0.749. The van der Waals surface area contributed by atoms with Gasteiger partial charge in [-0.05, 0) is 17.5 Å². The lowest BCUT2D eigenvalue weighted by Crippen LogP contribution is -2.36. The minimum Gasteiger partial charge on any atom is -0.464 e.